The molecule has 0 amide bonds. The summed E-state index contributed by atoms with van der Waals surface area (Å²) in [6.07, 6.45) is 24.8. The van der Waals surface area contributed by atoms with Crippen LogP contribution in [-0.4, -0.2) is 112 Å². The first-order chi connectivity index (χ1) is 34.8. The molecule has 73 heavy (non-hydrogen) atoms. The summed E-state index contributed by atoms with van der Waals surface area (Å²) in [4.78, 5) is 91.6. The van der Waals surface area contributed by atoms with E-state index in [9.17, 15) is 33.6 Å². The molecule has 0 rings (SSSR count). The summed E-state index contributed by atoms with van der Waals surface area (Å²) in [7, 11) is 3.84. The van der Waals surface area contributed by atoms with Crippen LogP contribution in [0.15, 0.2) is 0 Å². The molecule has 0 fully saturated rings. The van der Waals surface area contributed by atoms with Crippen molar-refractivity contribution in [1.29, 1.82) is 0 Å². The van der Waals surface area contributed by atoms with Crippen LogP contribution in [0, 0.1) is 0 Å². The molecule has 0 heterocycles. The van der Waals surface area contributed by atoms with E-state index >= 15 is 0 Å². The van der Waals surface area contributed by atoms with Gasteiger partial charge in [-0.1, -0.05) is 156 Å². The van der Waals surface area contributed by atoms with Gasteiger partial charge in [-0.25, -0.2) is 0 Å². The third-order valence-corrected chi connectivity index (χ3v) is 12.4. The summed E-state index contributed by atoms with van der Waals surface area (Å²) < 4.78 is 39.2. The summed E-state index contributed by atoms with van der Waals surface area (Å²) in [6, 6.07) is 0. The van der Waals surface area contributed by atoms with Gasteiger partial charge in [0, 0.05) is 44.9 Å². The zero-order valence-corrected chi connectivity index (χ0v) is 47.6. The number of carbonyl (C=O) groups excluding carboxylic acids is 7. The SMILES string of the molecule is CCCCCCCCC(=O)OCC(COC(=O)CCCCCCCC)OC(=O)CCCC(CCCC(=O)OC(COC(=O)CCCCCCCC)COC(=O)CCCCCCCC)OC(=O)CCCN(C)C.Cl. The van der Waals surface area contributed by atoms with Gasteiger partial charge in [0.25, 0.3) is 0 Å². The van der Waals surface area contributed by atoms with Gasteiger partial charge in [0.15, 0.2) is 12.2 Å². The largest absolute Gasteiger partial charge is 0.462 e. The van der Waals surface area contributed by atoms with Crippen LogP contribution in [0.2, 0.25) is 0 Å². The van der Waals surface area contributed by atoms with E-state index in [2.05, 4.69) is 27.7 Å². The van der Waals surface area contributed by atoms with Gasteiger partial charge in [0.2, 0.25) is 0 Å². The molecule has 0 radical (unpaired) electrons. The number of esters is 7. The monoisotopic (exact) mass is 1060 g/mol. The van der Waals surface area contributed by atoms with Crippen LogP contribution in [-0.2, 0) is 66.7 Å². The summed E-state index contributed by atoms with van der Waals surface area (Å²) in [6.45, 7) is 8.36. The second kappa shape index (κ2) is 52.0. The Morgan fingerprint density at radius 1 is 0.301 bits per heavy atom. The van der Waals surface area contributed by atoms with Gasteiger partial charge in [0.05, 0.1) is 0 Å². The smallest absolute Gasteiger partial charge is 0.306 e. The van der Waals surface area contributed by atoms with Gasteiger partial charge < -0.3 is 38.1 Å². The predicted molar refractivity (Wildman–Crippen MR) is 288 cm³/mol. The molecule has 0 atom stereocenters. The Morgan fingerprint density at radius 2 is 0.534 bits per heavy atom. The molecular weight excluding hydrogens is 958 g/mol. The standard InChI is InChI=1S/C57H103NO14.ClH/c1-7-11-15-19-23-27-36-51(59)66-44-49(45-67-52(60)37-28-24-20-16-12-8-2)71-55(63)40-31-34-48(70-57(65)42-33-43-58(5)6)35-32-41-56(64)72-50(46-68-53(61)38-29-25-21-17-13-9-3)47-69-54(62)39-30-26-22-18-14-10-4;/h48-50H,7-47H2,1-6H3;1H. The number of hydrogen-bond acceptors (Lipinski definition) is 15. The van der Waals surface area contributed by atoms with Crippen molar-refractivity contribution in [3.05, 3.63) is 0 Å². The lowest BCUT2D eigenvalue weighted by Gasteiger charge is -2.20. The number of hydrogen-bond donors (Lipinski definition) is 0. The van der Waals surface area contributed by atoms with Crippen LogP contribution in [0.4, 0.5) is 0 Å². The van der Waals surface area contributed by atoms with Crippen molar-refractivity contribution in [3.63, 3.8) is 0 Å². The Labute approximate surface area is 448 Å². The maximum Gasteiger partial charge on any atom is 0.306 e. The fraction of sp³-hybridized carbons (Fsp3) is 0.877. The average Bonchev–Trinajstić information content (AvgIpc) is 3.34. The first-order valence-electron chi connectivity index (χ1n) is 28.7. The second-order valence-corrected chi connectivity index (χ2v) is 19.8. The molecule has 0 aromatic heterocycles. The maximum atomic E-state index is 13.2. The van der Waals surface area contributed by atoms with Crippen molar-refractivity contribution in [3.8, 4) is 0 Å². The molecular formula is C57H104ClNO14. The van der Waals surface area contributed by atoms with Crippen LogP contribution in [0.25, 0.3) is 0 Å². The summed E-state index contributed by atoms with van der Waals surface area (Å²) in [5.41, 5.74) is 0. The first kappa shape index (κ1) is 71.6. The fourth-order valence-electron chi connectivity index (χ4n) is 7.95. The molecule has 0 saturated heterocycles. The highest BCUT2D eigenvalue weighted by Gasteiger charge is 2.23. The zero-order chi connectivity index (χ0) is 53.3. The van der Waals surface area contributed by atoms with Gasteiger partial charge in [0.1, 0.15) is 32.5 Å². The summed E-state index contributed by atoms with van der Waals surface area (Å²) >= 11 is 0. The average molecular weight is 1060 g/mol. The Balaban J connectivity index is 0. The van der Waals surface area contributed by atoms with Gasteiger partial charge >= 0.3 is 41.8 Å². The number of halogens is 1. The number of rotatable bonds is 51. The summed E-state index contributed by atoms with van der Waals surface area (Å²) in [5.74, 6) is -3.14. The lowest BCUT2D eigenvalue weighted by molar-refractivity contribution is -0.167. The minimum absolute atomic E-state index is 0. The van der Waals surface area contributed by atoms with Crippen molar-refractivity contribution in [1.82, 2.24) is 4.90 Å². The zero-order valence-electron chi connectivity index (χ0n) is 46.8. The van der Waals surface area contributed by atoms with Gasteiger partial charge in [-0.15, -0.1) is 12.4 Å². The predicted octanol–water partition coefficient (Wildman–Crippen LogP) is 13.0. The van der Waals surface area contributed by atoms with Crippen LogP contribution in [0.1, 0.15) is 259 Å². The lowest BCUT2D eigenvalue weighted by atomic mass is 10.1. The topological polar surface area (TPSA) is 187 Å². The van der Waals surface area contributed by atoms with Gasteiger partial charge in [-0.2, -0.15) is 0 Å². The second-order valence-electron chi connectivity index (χ2n) is 19.8. The molecule has 0 aliphatic heterocycles. The number of unbranched alkanes of at least 4 members (excludes halogenated alkanes) is 20. The highest BCUT2D eigenvalue weighted by Crippen LogP contribution is 2.18. The molecule has 428 valence electrons. The Hall–Kier alpha value is -3.46. The minimum atomic E-state index is -0.979. The summed E-state index contributed by atoms with van der Waals surface area (Å²) in [5, 5.41) is 0. The van der Waals surface area contributed by atoms with Crippen molar-refractivity contribution >= 4 is 54.2 Å². The lowest BCUT2D eigenvalue weighted by Crippen LogP contribution is -2.31. The molecule has 0 bridgehead atoms. The van der Waals surface area contributed by atoms with E-state index < -0.39 is 54.1 Å². The van der Waals surface area contributed by atoms with E-state index in [1.165, 1.54) is 0 Å². The molecule has 0 unspecified atom stereocenters. The van der Waals surface area contributed by atoms with E-state index in [4.69, 9.17) is 33.2 Å². The molecule has 0 saturated carbocycles. The number of ether oxygens (including phenoxy) is 7. The first-order valence-corrected chi connectivity index (χ1v) is 28.7. The van der Waals surface area contributed by atoms with Crippen LogP contribution < -0.4 is 0 Å². The molecule has 0 N–H and O–H groups in total. The van der Waals surface area contributed by atoms with E-state index in [-0.39, 0.29) is 103 Å². The molecule has 16 heteroatoms. The Bertz CT molecular complexity index is 1250. The molecule has 0 aliphatic carbocycles. The highest BCUT2D eigenvalue weighted by atomic mass is 35.5. The maximum absolute atomic E-state index is 13.2. The third-order valence-electron chi connectivity index (χ3n) is 12.4. The normalized spacial score (nSPS) is 11.2. The van der Waals surface area contributed by atoms with Crippen molar-refractivity contribution < 1.29 is 66.7 Å². The van der Waals surface area contributed by atoms with E-state index in [0.29, 0.717) is 51.5 Å². The molecule has 0 aromatic carbocycles. The van der Waals surface area contributed by atoms with E-state index in [1.54, 1.807) is 0 Å². The van der Waals surface area contributed by atoms with E-state index in [0.717, 1.165) is 128 Å². The number of carbonyl (C=O) groups is 7. The van der Waals surface area contributed by atoms with Crippen LogP contribution in [0.5, 0.6) is 0 Å². The highest BCUT2D eigenvalue weighted by molar-refractivity contribution is 5.85. The Kier molecular flexibility index (Phi) is 51.0. The third kappa shape index (κ3) is 49.2. The van der Waals surface area contributed by atoms with Crippen molar-refractivity contribution in [2.24, 2.45) is 0 Å². The van der Waals surface area contributed by atoms with Crippen LogP contribution in [0.3, 0.4) is 0 Å². The van der Waals surface area contributed by atoms with E-state index in [1.807, 2.05) is 19.0 Å². The minimum Gasteiger partial charge on any atom is -0.462 e. The van der Waals surface area contributed by atoms with Crippen LogP contribution >= 0.6 is 12.4 Å². The van der Waals surface area contributed by atoms with Gasteiger partial charge in [-0.05, 0) is 78.4 Å². The molecule has 0 aromatic rings. The molecule has 0 aliphatic rings. The van der Waals surface area contributed by atoms with Crippen molar-refractivity contribution in [2.45, 2.75) is 277 Å². The molecule has 0 spiro atoms. The van der Waals surface area contributed by atoms with Gasteiger partial charge in [-0.3, -0.25) is 33.6 Å². The number of nitrogens with zero attached hydrogens (tertiary/aromatic N) is 1. The van der Waals surface area contributed by atoms with Crippen molar-refractivity contribution in [2.75, 3.05) is 47.1 Å². The Morgan fingerprint density at radius 3 is 0.808 bits per heavy atom. The molecule has 15 nitrogen and oxygen atoms in total. The quantitative estimate of drug-likeness (QED) is 0.0318. The fourth-order valence-corrected chi connectivity index (χ4v) is 7.95.